The maximum atomic E-state index is 13.0. The van der Waals surface area contributed by atoms with Crippen LogP contribution in [-0.4, -0.2) is 21.8 Å². The number of hydrogen-bond donors (Lipinski definition) is 2. The summed E-state index contributed by atoms with van der Waals surface area (Å²) in [4.78, 5) is 4.29. The van der Waals surface area contributed by atoms with Crippen LogP contribution in [0.4, 0.5) is 11.4 Å². The fourth-order valence-corrected chi connectivity index (χ4v) is 6.31. The molecule has 0 bridgehead atoms. The minimum absolute atomic E-state index is 0.0322. The van der Waals surface area contributed by atoms with Crippen LogP contribution >= 0.6 is 15.9 Å². The molecule has 10 heteroatoms. The summed E-state index contributed by atoms with van der Waals surface area (Å²) >= 11 is 3.23. The zero-order chi connectivity index (χ0) is 22.1. The quantitative estimate of drug-likeness (QED) is 0.388. The van der Waals surface area contributed by atoms with Crippen molar-refractivity contribution >= 4 is 58.3 Å². The Hall–Kier alpha value is -2.95. The van der Waals surface area contributed by atoms with Crippen molar-refractivity contribution in [1.29, 1.82) is 0 Å². The van der Waals surface area contributed by atoms with Crippen molar-refractivity contribution in [3.8, 4) is 0 Å². The Balaban J connectivity index is 1.64. The Kier molecular flexibility index (Phi) is 5.69. The first-order valence-electron chi connectivity index (χ1n) is 9.00. The monoisotopic (exact) mass is 517 g/mol. The number of hydrogen-bond acceptors (Lipinski definition) is 5. The van der Waals surface area contributed by atoms with Gasteiger partial charge < -0.3 is 0 Å². The van der Waals surface area contributed by atoms with E-state index in [1.54, 1.807) is 48.5 Å². The van der Waals surface area contributed by atoms with E-state index in [9.17, 15) is 16.8 Å². The first-order chi connectivity index (χ1) is 14.8. The number of anilines is 2. The Morgan fingerprint density at radius 1 is 0.677 bits per heavy atom. The third-order valence-corrected chi connectivity index (χ3v) is 8.18. The second-order valence-electron chi connectivity index (χ2n) is 6.55. The van der Waals surface area contributed by atoms with E-state index in [1.165, 1.54) is 36.5 Å². The number of nitrogens with one attached hydrogen (secondary N) is 2. The third-order valence-electron chi connectivity index (χ3n) is 4.38. The molecule has 2 N–H and O–H groups in total. The molecular weight excluding hydrogens is 502 g/mol. The molecule has 4 aromatic rings. The minimum atomic E-state index is -3.96. The van der Waals surface area contributed by atoms with E-state index in [-0.39, 0.29) is 21.2 Å². The molecule has 0 saturated heterocycles. The van der Waals surface area contributed by atoms with Crippen LogP contribution in [0.15, 0.2) is 99.3 Å². The molecule has 4 rings (SSSR count). The van der Waals surface area contributed by atoms with Crippen molar-refractivity contribution in [1.82, 2.24) is 4.98 Å². The summed E-state index contributed by atoms with van der Waals surface area (Å²) in [5, 5.41) is 0.695. The molecular formula is C21H16BrN3O4S2. The van der Waals surface area contributed by atoms with Crippen LogP contribution in [0.1, 0.15) is 0 Å². The average molecular weight is 518 g/mol. The molecule has 0 aliphatic heterocycles. The number of pyridine rings is 1. The molecule has 1 aromatic heterocycles. The normalized spacial score (nSPS) is 11.9. The predicted octanol–water partition coefficient (Wildman–Crippen LogP) is 4.60. The van der Waals surface area contributed by atoms with Gasteiger partial charge in [0, 0.05) is 16.1 Å². The SMILES string of the molecule is O=S(=O)(Nc1cccc(NS(=O)(=O)c2cccc3cccnc23)c1)c1ccccc1Br. The number of aromatic nitrogens is 1. The Morgan fingerprint density at radius 3 is 1.97 bits per heavy atom. The first kappa shape index (κ1) is 21.3. The molecule has 0 amide bonds. The second kappa shape index (κ2) is 8.29. The van der Waals surface area contributed by atoms with Crippen LogP contribution in [0, 0.1) is 0 Å². The lowest BCUT2D eigenvalue weighted by molar-refractivity contribution is 0.599. The van der Waals surface area contributed by atoms with Crippen LogP contribution in [0.2, 0.25) is 0 Å². The second-order valence-corrected chi connectivity index (χ2v) is 10.7. The highest BCUT2D eigenvalue weighted by Crippen LogP contribution is 2.27. The van der Waals surface area contributed by atoms with Crippen LogP contribution in [0.5, 0.6) is 0 Å². The first-order valence-corrected chi connectivity index (χ1v) is 12.8. The molecule has 0 saturated carbocycles. The number of sulfonamides is 2. The van der Waals surface area contributed by atoms with Crippen LogP contribution in [0.25, 0.3) is 10.9 Å². The van der Waals surface area contributed by atoms with Gasteiger partial charge in [-0.15, -0.1) is 0 Å². The van der Waals surface area contributed by atoms with Gasteiger partial charge >= 0.3 is 0 Å². The van der Waals surface area contributed by atoms with Crippen LogP contribution in [0.3, 0.4) is 0 Å². The van der Waals surface area contributed by atoms with Crippen molar-refractivity contribution in [2.45, 2.75) is 9.79 Å². The highest BCUT2D eigenvalue weighted by molar-refractivity contribution is 9.10. The van der Waals surface area contributed by atoms with Crippen molar-refractivity contribution in [2.24, 2.45) is 0 Å². The van der Waals surface area contributed by atoms with E-state index in [2.05, 4.69) is 30.4 Å². The molecule has 7 nitrogen and oxygen atoms in total. The summed E-state index contributed by atoms with van der Waals surface area (Å²) < 4.78 is 56.7. The van der Waals surface area contributed by atoms with Crippen molar-refractivity contribution in [2.75, 3.05) is 9.44 Å². The van der Waals surface area contributed by atoms with E-state index in [4.69, 9.17) is 0 Å². The lowest BCUT2D eigenvalue weighted by atomic mass is 10.2. The summed E-state index contributed by atoms with van der Waals surface area (Å²) in [5.41, 5.74) is 0.774. The lowest BCUT2D eigenvalue weighted by Gasteiger charge is -2.13. The van der Waals surface area contributed by atoms with Crippen LogP contribution in [-0.2, 0) is 20.0 Å². The molecule has 0 unspecified atom stereocenters. The van der Waals surface area contributed by atoms with Gasteiger partial charge in [0.25, 0.3) is 20.0 Å². The molecule has 0 aliphatic rings. The van der Waals surface area contributed by atoms with E-state index < -0.39 is 20.0 Å². The summed E-state index contributed by atoms with van der Waals surface area (Å²) in [6.45, 7) is 0. The summed E-state index contributed by atoms with van der Waals surface area (Å²) in [6, 6.07) is 20.8. The molecule has 0 spiro atoms. The highest BCUT2D eigenvalue weighted by atomic mass is 79.9. The molecule has 1 heterocycles. The van der Waals surface area contributed by atoms with E-state index in [0.29, 0.717) is 15.4 Å². The molecule has 158 valence electrons. The van der Waals surface area contributed by atoms with Gasteiger partial charge in [-0.2, -0.15) is 0 Å². The van der Waals surface area contributed by atoms with Gasteiger partial charge in [0.2, 0.25) is 0 Å². The Bertz CT molecular complexity index is 1480. The van der Waals surface area contributed by atoms with Crippen molar-refractivity contribution in [3.05, 3.63) is 89.5 Å². The number of rotatable bonds is 6. The fourth-order valence-electron chi connectivity index (χ4n) is 3.02. The van der Waals surface area contributed by atoms with E-state index >= 15 is 0 Å². The van der Waals surface area contributed by atoms with Gasteiger partial charge in [0.1, 0.15) is 9.79 Å². The zero-order valence-corrected chi connectivity index (χ0v) is 19.1. The van der Waals surface area contributed by atoms with Crippen molar-refractivity contribution < 1.29 is 16.8 Å². The van der Waals surface area contributed by atoms with Gasteiger partial charge in [0.05, 0.1) is 16.9 Å². The topological polar surface area (TPSA) is 105 Å². The van der Waals surface area contributed by atoms with Gasteiger partial charge in [-0.05, 0) is 58.4 Å². The van der Waals surface area contributed by atoms with Gasteiger partial charge in [-0.3, -0.25) is 14.4 Å². The molecule has 0 radical (unpaired) electrons. The third kappa shape index (κ3) is 4.55. The predicted molar refractivity (Wildman–Crippen MR) is 124 cm³/mol. The molecule has 0 atom stereocenters. The lowest BCUT2D eigenvalue weighted by Crippen LogP contribution is -2.15. The molecule has 3 aromatic carbocycles. The largest absolute Gasteiger partial charge is 0.280 e. The smallest absolute Gasteiger partial charge is 0.264 e. The number of para-hydroxylation sites is 1. The summed E-state index contributed by atoms with van der Waals surface area (Å²) in [5.74, 6) is 0. The number of fused-ring (bicyclic) bond motifs is 1. The van der Waals surface area contributed by atoms with E-state index in [1.807, 2.05) is 0 Å². The Morgan fingerprint density at radius 2 is 1.26 bits per heavy atom. The van der Waals surface area contributed by atoms with Gasteiger partial charge in [0.15, 0.2) is 0 Å². The fraction of sp³-hybridized carbons (Fsp3) is 0. The average Bonchev–Trinajstić information content (AvgIpc) is 2.73. The molecule has 0 aliphatic carbocycles. The summed E-state index contributed by atoms with van der Waals surface area (Å²) in [7, 11) is -7.83. The molecule has 0 fully saturated rings. The number of benzene rings is 3. The molecule has 31 heavy (non-hydrogen) atoms. The highest BCUT2D eigenvalue weighted by Gasteiger charge is 2.20. The standard InChI is InChI=1S/C21H16BrN3O4S2/c22-18-10-1-2-11-19(18)30(26,27)24-16-8-4-9-17(14-16)25-31(28,29)20-12-3-6-15-7-5-13-23-21(15)20/h1-14,24-25H. The van der Waals surface area contributed by atoms with E-state index in [0.717, 1.165) is 0 Å². The zero-order valence-electron chi connectivity index (χ0n) is 15.9. The maximum Gasteiger partial charge on any atom is 0.264 e. The van der Waals surface area contributed by atoms with Crippen LogP contribution < -0.4 is 9.44 Å². The summed E-state index contributed by atoms with van der Waals surface area (Å²) in [6.07, 6.45) is 1.53. The van der Waals surface area contributed by atoms with Crippen molar-refractivity contribution in [3.63, 3.8) is 0 Å². The number of halogens is 1. The number of nitrogens with zero attached hydrogens (tertiary/aromatic N) is 1. The Labute approximate surface area is 188 Å². The van der Waals surface area contributed by atoms with Gasteiger partial charge in [-0.1, -0.05) is 36.4 Å². The van der Waals surface area contributed by atoms with Gasteiger partial charge in [-0.25, -0.2) is 16.8 Å². The maximum absolute atomic E-state index is 13.0. The minimum Gasteiger partial charge on any atom is -0.280 e.